The largest absolute Gasteiger partial charge is 0.488 e. The highest BCUT2D eigenvalue weighted by molar-refractivity contribution is 7.89. The highest BCUT2D eigenvalue weighted by atomic mass is 32.2. The molecule has 20 heavy (non-hydrogen) atoms. The number of ether oxygens (including phenoxy) is 2. The van der Waals surface area contributed by atoms with Gasteiger partial charge in [0.2, 0.25) is 10.0 Å². The molecule has 1 aromatic rings. The molecule has 1 aliphatic rings. The van der Waals surface area contributed by atoms with Crippen molar-refractivity contribution in [3.8, 4) is 5.75 Å². The number of benzene rings is 1. The Bertz CT molecular complexity index is 565. The summed E-state index contributed by atoms with van der Waals surface area (Å²) in [5.74, 6) is 0.927. The summed E-state index contributed by atoms with van der Waals surface area (Å²) in [4.78, 5) is 0.128. The van der Waals surface area contributed by atoms with Crippen molar-refractivity contribution in [2.75, 3.05) is 13.2 Å². The summed E-state index contributed by atoms with van der Waals surface area (Å²) < 4.78 is 34.2. The van der Waals surface area contributed by atoms with Gasteiger partial charge in [0.15, 0.2) is 0 Å². The second-order valence-electron chi connectivity index (χ2n) is 5.16. The van der Waals surface area contributed by atoms with Gasteiger partial charge in [-0.3, -0.25) is 0 Å². The van der Waals surface area contributed by atoms with E-state index in [1.165, 1.54) is 6.07 Å². The standard InChI is InChI=1S/C14H21NO4S/c1-3-10(2)13-8-12(20(15,16)17)4-5-14(13)19-11-6-7-18-9-11/h4-5,8,10-11H,3,6-7,9H2,1-2H3,(H2,15,16,17). The van der Waals surface area contributed by atoms with Gasteiger partial charge in [0.25, 0.3) is 0 Å². The zero-order chi connectivity index (χ0) is 14.8. The molecule has 0 bridgehead atoms. The van der Waals surface area contributed by atoms with Crippen LogP contribution >= 0.6 is 0 Å². The molecule has 5 nitrogen and oxygen atoms in total. The van der Waals surface area contributed by atoms with Crippen molar-refractivity contribution >= 4 is 10.0 Å². The fourth-order valence-electron chi connectivity index (χ4n) is 2.20. The number of sulfonamides is 1. The predicted octanol–water partition coefficient (Wildman–Crippen LogP) is 2.02. The average Bonchev–Trinajstić information content (AvgIpc) is 2.90. The fraction of sp³-hybridized carbons (Fsp3) is 0.571. The Morgan fingerprint density at radius 1 is 1.50 bits per heavy atom. The van der Waals surface area contributed by atoms with E-state index >= 15 is 0 Å². The van der Waals surface area contributed by atoms with Crippen LogP contribution in [0.5, 0.6) is 5.75 Å². The van der Waals surface area contributed by atoms with Gasteiger partial charge in [-0.1, -0.05) is 13.8 Å². The molecule has 1 aliphatic heterocycles. The molecule has 0 amide bonds. The minimum absolute atomic E-state index is 0.0399. The van der Waals surface area contributed by atoms with Crippen molar-refractivity contribution in [3.05, 3.63) is 23.8 Å². The quantitative estimate of drug-likeness (QED) is 0.902. The van der Waals surface area contributed by atoms with Gasteiger partial charge >= 0.3 is 0 Å². The van der Waals surface area contributed by atoms with Gasteiger partial charge in [0.05, 0.1) is 18.1 Å². The first-order valence-corrected chi connectivity index (χ1v) is 8.37. The molecular formula is C14H21NO4S. The maximum Gasteiger partial charge on any atom is 0.238 e. The summed E-state index contributed by atoms with van der Waals surface area (Å²) in [6.45, 7) is 5.38. The van der Waals surface area contributed by atoms with Crippen LogP contribution in [0.2, 0.25) is 0 Å². The summed E-state index contributed by atoms with van der Waals surface area (Å²) >= 11 is 0. The molecule has 2 unspecified atom stereocenters. The molecule has 1 saturated heterocycles. The van der Waals surface area contributed by atoms with E-state index in [2.05, 4.69) is 6.92 Å². The summed E-state index contributed by atoms with van der Waals surface area (Å²) in [6, 6.07) is 4.81. The van der Waals surface area contributed by atoms with Crippen molar-refractivity contribution in [1.82, 2.24) is 0 Å². The Morgan fingerprint density at radius 3 is 2.80 bits per heavy atom. The Labute approximate surface area is 120 Å². The van der Waals surface area contributed by atoms with E-state index in [0.29, 0.717) is 13.2 Å². The van der Waals surface area contributed by atoms with Gasteiger partial charge in [0.1, 0.15) is 11.9 Å². The first kappa shape index (κ1) is 15.3. The van der Waals surface area contributed by atoms with Crippen LogP contribution in [-0.2, 0) is 14.8 Å². The Kier molecular flexibility index (Phi) is 4.67. The van der Waals surface area contributed by atoms with Gasteiger partial charge in [-0.25, -0.2) is 13.6 Å². The van der Waals surface area contributed by atoms with Gasteiger partial charge in [-0.05, 0) is 36.1 Å². The Balaban J connectivity index is 2.34. The number of nitrogens with two attached hydrogens (primary N) is 1. The van der Waals surface area contributed by atoms with Crippen LogP contribution in [-0.4, -0.2) is 27.7 Å². The number of hydrogen-bond acceptors (Lipinski definition) is 4. The van der Waals surface area contributed by atoms with Crippen molar-refractivity contribution < 1.29 is 17.9 Å². The second kappa shape index (κ2) is 6.11. The third-order valence-electron chi connectivity index (χ3n) is 3.63. The number of rotatable bonds is 5. The van der Waals surface area contributed by atoms with Gasteiger partial charge in [0, 0.05) is 6.42 Å². The summed E-state index contributed by atoms with van der Waals surface area (Å²) in [6.07, 6.45) is 1.79. The van der Waals surface area contributed by atoms with Crippen LogP contribution in [0.3, 0.4) is 0 Å². The smallest absolute Gasteiger partial charge is 0.238 e. The normalized spacial score (nSPS) is 20.9. The molecule has 0 aliphatic carbocycles. The molecular weight excluding hydrogens is 278 g/mol. The lowest BCUT2D eigenvalue weighted by molar-refractivity contribution is 0.140. The lowest BCUT2D eigenvalue weighted by Gasteiger charge is -2.19. The molecule has 0 aromatic heterocycles. The van der Waals surface area contributed by atoms with E-state index in [0.717, 1.165) is 24.2 Å². The molecule has 2 atom stereocenters. The zero-order valence-electron chi connectivity index (χ0n) is 11.8. The number of hydrogen-bond donors (Lipinski definition) is 1. The first-order valence-electron chi connectivity index (χ1n) is 6.83. The molecule has 6 heteroatoms. The molecule has 1 fully saturated rings. The summed E-state index contributed by atoms with van der Waals surface area (Å²) in [7, 11) is -3.69. The zero-order valence-corrected chi connectivity index (χ0v) is 12.7. The van der Waals surface area contributed by atoms with Crippen LogP contribution in [0.15, 0.2) is 23.1 Å². The van der Waals surface area contributed by atoms with Crippen molar-refractivity contribution in [1.29, 1.82) is 0 Å². The highest BCUT2D eigenvalue weighted by Crippen LogP contribution is 2.32. The van der Waals surface area contributed by atoms with Crippen LogP contribution in [0.25, 0.3) is 0 Å². The molecule has 0 saturated carbocycles. The van der Waals surface area contributed by atoms with E-state index in [1.54, 1.807) is 12.1 Å². The minimum atomic E-state index is -3.69. The second-order valence-corrected chi connectivity index (χ2v) is 6.72. The fourth-order valence-corrected chi connectivity index (χ4v) is 2.75. The third-order valence-corrected chi connectivity index (χ3v) is 4.55. The van der Waals surface area contributed by atoms with Crippen LogP contribution in [0.4, 0.5) is 0 Å². The molecule has 112 valence electrons. The van der Waals surface area contributed by atoms with E-state index in [9.17, 15) is 8.42 Å². The molecule has 1 aromatic carbocycles. The van der Waals surface area contributed by atoms with Gasteiger partial charge in [-0.15, -0.1) is 0 Å². The van der Waals surface area contributed by atoms with Crippen molar-refractivity contribution in [3.63, 3.8) is 0 Å². The molecule has 1 heterocycles. The summed E-state index contributed by atoms with van der Waals surface area (Å²) in [5, 5.41) is 5.19. The van der Waals surface area contributed by atoms with Crippen molar-refractivity contribution in [2.45, 2.75) is 43.6 Å². The maximum atomic E-state index is 11.5. The van der Waals surface area contributed by atoms with Crippen LogP contribution < -0.4 is 9.88 Å². The molecule has 0 spiro atoms. The maximum absolute atomic E-state index is 11.5. The number of primary sulfonamides is 1. The van der Waals surface area contributed by atoms with Crippen LogP contribution in [0.1, 0.15) is 38.2 Å². The molecule has 2 N–H and O–H groups in total. The Morgan fingerprint density at radius 2 is 2.25 bits per heavy atom. The topological polar surface area (TPSA) is 78.6 Å². The van der Waals surface area contributed by atoms with E-state index in [-0.39, 0.29) is 16.9 Å². The monoisotopic (exact) mass is 299 g/mol. The van der Waals surface area contributed by atoms with Crippen LogP contribution in [0, 0.1) is 0 Å². The summed E-state index contributed by atoms with van der Waals surface area (Å²) in [5.41, 5.74) is 0.880. The Hall–Kier alpha value is -1.11. The minimum Gasteiger partial charge on any atom is -0.488 e. The highest BCUT2D eigenvalue weighted by Gasteiger charge is 2.21. The van der Waals surface area contributed by atoms with Crippen molar-refractivity contribution in [2.24, 2.45) is 5.14 Å². The SMILES string of the molecule is CCC(C)c1cc(S(N)(=O)=O)ccc1OC1CCOC1. The lowest BCUT2D eigenvalue weighted by Crippen LogP contribution is -2.18. The molecule has 2 rings (SSSR count). The van der Waals surface area contributed by atoms with E-state index in [1.807, 2.05) is 6.92 Å². The molecule has 0 radical (unpaired) electrons. The first-order chi connectivity index (χ1) is 9.41. The predicted molar refractivity (Wildman–Crippen MR) is 76.4 cm³/mol. The third kappa shape index (κ3) is 3.50. The van der Waals surface area contributed by atoms with E-state index in [4.69, 9.17) is 14.6 Å². The average molecular weight is 299 g/mol. The van der Waals surface area contributed by atoms with Gasteiger partial charge in [-0.2, -0.15) is 0 Å². The lowest BCUT2D eigenvalue weighted by atomic mass is 9.97. The van der Waals surface area contributed by atoms with E-state index < -0.39 is 10.0 Å². The van der Waals surface area contributed by atoms with Gasteiger partial charge < -0.3 is 9.47 Å².